The SMILES string of the molecule is COC(=O)CN1C(=O)S/C(=C\c2ccc(OCC(=O)Nc3ccc(Cl)cc3)c(Cl)c2)C1=O. The van der Waals surface area contributed by atoms with Gasteiger partial charge in [0.25, 0.3) is 17.1 Å². The van der Waals surface area contributed by atoms with Crippen molar-refractivity contribution in [2.24, 2.45) is 0 Å². The summed E-state index contributed by atoms with van der Waals surface area (Å²) < 4.78 is 9.94. The van der Waals surface area contributed by atoms with Crippen molar-refractivity contribution in [1.82, 2.24) is 4.90 Å². The van der Waals surface area contributed by atoms with E-state index in [-0.39, 0.29) is 28.2 Å². The van der Waals surface area contributed by atoms with E-state index in [0.717, 1.165) is 4.90 Å². The zero-order chi connectivity index (χ0) is 23.3. The lowest BCUT2D eigenvalue weighted by Gasteiger charge is -2.10. The van der Waals surface area contributed by atoms with Gasteiger partial charge in [-0.25, -0.2) is 0 Å². The Bertz CT molecular complexity index is 1100. The lowest BCUT2D eigenvalue weighted by Crippen LogP contribution is -2.34. The molecule has 1 saturated heterocycles. The summed E-state index contributed by atoms with van der Waals surface area (Å²) in [6.45, 7) is -0.724. The molecule has 0 spiro atoms. The van der Waals surface area contributed by atoms with E-state index in [1.165, 1.54) is 19.3 Å². The Labute approximate surface area is 197 Å². The number of amides is 3. The molecule has 1 aliphatic rings. The van der Waals surface area contributed by atoms with Gasteiger partial charge in [0.1, 0.15) is 12.3 Å². The van der Waals surface area contributed by atoms with Gasteiger partial charge < -0.3 is 14.8 Å². The van der Waals surface area contributed by atoms with Gasteiger partial charge in [-0.2, -0.15) is 0 Å². The highest BCUT2D eigenvalue weighted by Crippen LogP contribution is 2.33. The number of hydrogen-bond acceptors (Lipinski definition) is 7. The molecule has 0 saturated carbocycles. The number of rotatable bonds is 7. The van der Waals surface area contributed by atoms with Crippen LogP contribution >= 0.6 is 35.0 Å². The average molecular weight is 495 g/mol. The molecule has 1 N–H and O–H groups in total. The molecule has 0 radical (unpaired) electrons. The summed E-state index contributed by atoms with van der Waals surface area (Å²) in [6, 6.07) is 11.3. The first-order chi connectivity index (χ1) is 15.3. The van der Waals surface area contributed by atoms with Gasteiger partial charge in [0.2, 0.25) is 0 Å². The highest BCUT2D eigenvalue weighted by atomic mass is 35.5. The van der Waals surface area contributed by atoms with Crippen LogP contribution in [-0.4, -0.2) is 48.2 Å². The van der Waals surface area contributed by atoms with Crippen molar-refractivity contribution in [2.75, 3.05) is 25.6 Å². The molecule has 1 aliphatic heterocycles. The van der Waals surface area contributed by atoms with Gasteiger partial charge in [-0.3, -0.25) is 24.1 Å². The lowest BCUT2D eigenvalue weighted by atomic mass is 10.2. The number of nitrogens with zero attached hydrogens (tertiary/aromatic N) is 1. The van der Waals surface area contributed by atoms with Crippen molar-refractivity contribution < 1.29 is 28.7 Å². The van der Waals surface area contributed by atoms with E-state index in [9.17, 15) is 19.2 Å². The second-order valence-corrected chi connectivity index (χ2v) is 8.21. The Morgan fingerprint density at radius 1 is 1.12 bits per heavy atom. The van der Waals surface area contributed by atoms with Crippen LogP contribution in [0.4, 0.5) is 10.5 Å². The normalized spacial score (nSPS) is 14.6. The van der Waals surface area contributed by atoms with E-state index in [1.54, 1.807) is 36.4 Å². The number of nitrogens with one attached hydrogen (secondary N) is 1. The molecular weight excluding hydrogens is 479 g/mol. The van der Waals surface area contributed by atoms with E-state index >= 15 is 0 Å². The Kier molecular flexibility index (Phi) is 7.79. The fourth-order valence-corrected chi connectivity index (χ4v) is 3.79. The summed E-state index contributed by atoms with van der Waals surface area (Å²) in [5.41, 5.74) is 1.11. The van der Waals surface area contributed by atoms with Gasteiger partial charge in [0.15, 0.2) is 6.61 Å². The van der Waals surface area contributed by atoms with Crippen LogP contribution in [0.1, 0.15) is 5.56 Å². The highest BCUT2D eigenvalue weighted by Gasteiger charge is 2.36. The number of esters is 1. The third-order valence-corrected chi connectivity index (χ3v) is 5.58. The minimum Gasteiger partial charge on any atom is -0.482 e. The third kappa shape index (κ3) is 6.03. The predicted molar refractivity (Wildman–Crippen MR) is 122 cm³/mol. The van der Waals surface area contributed by atoms with Crippen LogP contribution in [0.25, 0.3) is 6.08 Å². The van der Waals surface area contributed by atoms with E-state index in [2.05, 4.69) is 10.1 Å². The molecule has 2 aromatic carbocycles. The summed E-state index contributed by atoms with van der Waals surface area (Å²) in [7, 11) is 1.17. The van der Waals surface area contributed by atoms with Gasteiger partial charge in [0.05, 0.1) is 17.0 Å². The van der Waals surface area contributed by atoms with Crippen LogP contribution in [0.2, 0.25) is 10.0 Å². The van der Waals surface area contributed by atoms with Gasteiger partial charge in [0, 0.05) is 10.7 Å². The summed E-state index contributed by atoms with van der Waals surface area (Å²) in [5.74, 6) is -1.40. The second kappa shape index (κ2) is 10.5. The molecule has 0 bridgehead atoms. The monoisotopic (exact) mass is 494 g/mol. The van der Waals surface area contributed by atoms with Gasteiger partial charge >= 0.3 is 5.97 Å². The summed E-state index contributed by atoms with van der Waals surface area (Å²) in [5, 5.41) is 2.87. The first kappa shape index (κ1) is 23.6. The zero-order valence-electron chi connectivity index (χ0n) is 16.6. The van der Waals surface area contributed by atoms with Crippen LogP contribution in [0.15, 0.2) is 47.4 Å². The first-order valence-electron chi connectivity index (χ1n) is 9.07. The number of methoxy groups -OCH3 is 1. The molecule has 3 amide bonds. The maximum Gasteiger partial charge on any atom is 0.325 e. The van der Waals surface area contributed by atoms with Crippen LogP contribution in [0.3, 0.4) is 0 Å². The molecule has 3 rings (SSSR count). The Balaban J connectivity index is 1.62. The number of carbonyl (C=O) groups is 4. The number of carbonyl (C=O) groups excluding carboxylic acids is 4. The zero-order valence-corrected chi connectivity index (χ0v) is 18.9. The average Bonchev–Trinajstić information content (AvgIpc) is 3.02. The highest BCUT2D eigenvalue weighted by molar-refractivity contribution is 8.18. The number of anilines is 1. The quantitative estimate of drug-likeness (QED) is 0.453. The molecule has 0 atom stereocenters. The van der Waals surface area contributed by atoms with Crippen molar-refractivity contribution in [3.8, 4) is 5.75 Å². The lowest BCUT2D eigenvalue weighted by molar-refractivity contribution is -0.143. The smallest absolute Gasteiger partial charge is 0.325 e. The summed E-state index contributed by atoms with van der Waals surface area (Å²) in [6.07, 6.45) is 1.48. The van der Waals surface area contributed by atoms with Crippen molar-refractivity contribution in [3.05, 3.63) is 63.0 Å². The number of ether oxygens (including phenoxy) is 2. The number of benzene rings is 2. The molecule has 0 aliphatic carbocycles. The van der Waals surface area contributed by atoms with E-state index in [1.807, 2.05) is 0 Å². The number of imide groups is 1. The second-order valence-electron chi connectivity index (χ2n) is 6.38. The van der Waals surface area contributed by atoms with Gasteiger partial charge in [-0.05, 0) is 59.8 Å². The van der Waals surface area contributed by atoms with Crippen LogP contribution in [0, 0.1) is 0 Å². The number of thioether (sulfide) groups is 1. The van der Waals surface area contributed by atoms with Crippen molar-refractivity contribution >= 4 is 69.8 Å². The Hall–Kier alpha value is -3.01. The molecule has 8 nitrogen and oxygen atoms in total. The molecule has 2 aromatic rings. The molecule has 0 unspecified atom stereocenters. The van der Waals surface area contributed by atoms with E-state index in [0.29, 0.717) is 28.0 Å². The fourth-order valence-electron chi connectivity index (χ4n) is 2.58. The maximum atomic E-state index is 12.4. The van der Waals surface area contributed by atoms with E-state index in [4.69, 9.17) is 27.9 Å². The first-order valence-corrected chi connectivity index (χ1v) is 10.6. The molecule has 1 fully saturated rings. The van der Waals surface area contributed by atoms with Gasteiger partial charge in [-0.1, -0.05) is 29.3 Å². The topological polar surface area (TPSA) is 102 Å². The van der Waals surface area contributed by atoms with Crippen LogP contribution in [-0.2, 0) is 19.1 Å². The molecule has 1 heterocycles. The van der Waals surface area contributed by atoms with Crippen LogP contribution < -0.4 is 10.1 Å². The maximum absolute atomic E-state index is 12.4. The predicted octanol–water partition coefficient (Wildman–Crippen LogP) is 4.22. The van der Waals surface area contributed by atoms with Crippen molar-refractivity contribution in [3.63, 3.8) is 0 Å². The fraction of sp³-hybridized carbons (Fsp3) is 0.143. The van der Waals surface area contributed by atoms with Crippen LogP contribution in [0.5, 0.6) is 5.75 Å². The summed E-state index contributed by atoms with van der Waals surface area (Å²) >= 11 is 12.7. The van der Waals surface area contributed by atoms with Gasteiger partial charge in [-0.15, -0.1) is 0 Å². The number of halogens is 2. The molecule has 32 heavy (non-hydrogen) atoms. The Morgan fingerprint density at radius 3 is 2.50 bits per heavy atom. The molecule has 166 valence electrons. The Morgan fingerprint density at radius 2 is 1.84 bits per heavy atom. The molecule has 11 heteroatoms. The minimum atomic E-state index is -0.696. The largest absolute Gasteiger partial charge is 0.482 e. The van der Waals surface area contributed by atoms with Crippen molar-refractivity contribution in [1.29, 1.82) is 0 Å². The standard InChI is InChI=1S/C21H16Cl2N2O6S/c1-30-19(27)10-25-20(28)17(32-21(25)29)9-12-2-7-16(15(23)8-12)31-11-18(26)24-14-5-3-13(22)4-6-14/h2-9H,10-11H2,1H3,(H,24,26)/b17-9-. The molecule has 0 aromatic heterocycles. The van der Waals surface area contributed by atoms with E-state index < -0.39 is 23.7 Å². The third-order valence-electron chi connectivity index (χ3n) is 4.13. The number of hydrogen-bond donors (Lipinski definition) is 1. The van der Waals surface area contributed by atoms with Crippen molar-refractivity contribution in [2.45, 2.75) is 0 Å². The molecular formula is C21H16Cl2N2O6S. The minimum absolute atomic E-state index is 0.144. The summed E-state index contributed by atoms with van der Waals surface area (Å²) in [4.78, 5) is 48.7.